The van der Waals surface area contributed by atoms with E-state index in [9.17, 15) is 13.2 Å². The van der Waals surface area contributed by atoms with Crippen molar-refractivity contribution in [1.82, 2.24) is 14.6 Å². The SMILES string of the molecule is NCc1cccc2nc(NC(=O)CC3CCS(=O)(=O)C3)nn12. The van der Waals surface area contributed by atoms with Gasteiger partial charge in [-0.3, -0.25) is 10.1 Å². The Bertz CT molecular complexity index is 814. The molecule has 3 heterocycles. The summed E-state index contributed by atoms with van der Waals surface area (Å²) in [6.07, 6.45) is 0.699. The number of nitrogens with zero attached hydrogens (tertiary/aromatic N) is 3. The molecule has 1 aliphatic heterocycles. The van der Waals surface area contributed by atoms with Crippen LogP contribution in [0.15, 0.2) is 18.2 Å². The number of hydrogen-bond donors (Lipinski definition) is 2. The second-order valence-corrected chi connectivity index (χ2v) is 7.68. The molecule has 0 saturated carbocycles. The molecule has 118 valence electrons. The van der Waals surface area contributed by atoms with E-state index in [1.54, 1.807) is 10.6 Å². The van der Waals surface area contributed by atoms with E-state index < -0.39 is 9.84 Å². The first-order valence-electron chi connectivity index (χ1n) is 7.02. The molecule has 0 bridgehead atoms. The Morgan fingerprint density at radius 3 is 2.95 bits per heavy atom. The summed E-state index contributed by atoms with van der Waals surface area (Å²) < 4.78 is 24.4. The lowest BCUT2D eigenvalue weighted by Crippen LogP contribution is -2.18. The molecule has 1 saturated heterocycles. The number of aromatic nitrogens is 3. The minimum Gasteiger partial charge on any atom is -0.325 e. The fourth-order valence-electron chi connectivity index (χ4n) is 2.64. The number of fused-ring (bicyclic) bond motifs is 1. The van der Waals surface area contributed by atoms with Crippen LogP contribution in [0.1, 0.15) is 18.5 Å². The lowest BCUT2D eigenvalue weighted by atomic mass is 10.1. The molecule has 0 aromatic carbocycles. The van der Waals surface area contributed by atoms with Gasteiger partial charge in [0.15, 0.2) is 15.5 Å². The van der Waals surface area contributed by atoms with Crippen LogP contribution in [0.2, 0.25) is 0 Å². The van der Waals surface area contributed by atoms with Gasteiger partial charge in [0.1, 0.15) is 0 Å². The molecule has 2 aromatic rings. The number of carbonyl (C=O) groups excluding carboxylic acids is 1. The Balaban J connectivity index is 1.69. The van der Waals surface area contributed by atoms with Crippen molar-refractivity contribution in [3.8, 4) is 0 Å². The van der Waals surface area contributed by atoms with E-state index in [-0.39, 0.29) is 35.7 Å². The van der Waals surface area contributed by atoms with Gasteiger partial charge in [-0.25, -0.2) is 12.9 Å². The van der Waals surface area contributed by atoms with Gasteiger partial charge >= 0.3 is 0 Å². The first-order valence-corrected chi connectivity index (χ1v) is 8.84. The average molecular weight is 323 g/mol. The fraction of sp³-hybridized carbons (Fsp3) is 0.462. The lowest BCUT2D eigenvalue weighted by Gasteiger charge is -2.05. The smallest absolute Gasteiger partial charge is 0.249 e. The molecule has 0 aliphatic carbocycles. The second-order valence-electron chi connectivity index (χ2n) is 5.45. The zero-order valence-electron chi connectivity index (χ0n) is 11.9. The zero-order chi connectivity index (χ0) is 15.7. The number of rotatable bonds is 4. The maximum atomic E-state index is 12.0. The molecule has 1 aliphatic rings. The third-order valence-electron chi connectivity index (χ3n) is 3.70. The topological polar surface area (TPSA) is 119 Å². The quantitative estimate of drug-likeness (QED) is 0.814. The summed E-state index contributed by atoms with van der Waals surface area (Å²) in [7, 11) is -2.97. The second kappa shape index (κ2) is 5.65. The molecular formula is C13H17N5O3S. The van der Waals surface area contributed by atoms with Crippen LogP contribution in [0.5, 0.6) is 0 Å². The zero-order valence-corrected chi connectivity index (χ0v) is 12.7. The molecule has 22 heavy (non-hydrogen) atoms. The van der Waals surface area contributed by atoms with Gasteiger partial charge in [0.25, 0.3) is 0 Å². The van der Waals surface area contributed by atoms with Gasteiger partial charge in [-0.1, -0.05) is 6.07 Å². The molecule has 1 fully saturated rings. The number of anilines is 1. The molecule has 9 heteroatoms. The molecular weight excluding hydrogens is 306 g/mol. The number of sulfone groups is 1. The Labute approximate surface area is 127 Å². The first-order chi connectivity index (χ1) is 10.5. The molecule has 1 atom stereocenters. The van der Waals surface area contributed by atoms with Crippen molar-refractivity contribution >= 4 is 27.3 Å². The van der Waals surface area contributed by atoms with Crippen LogP contribution < -0.4 is 11.1 Å². The van der Waals surface area contributed by atoms with Crippen molar-refractivity contribution in [3.63, 3.8) is 0 Å². The average Bonchev–Trinajstić information content (AvgIpc) is 3.00. The highest BCUT2D eigenvalue weighted by atomic mass is 32.2. The van der Waals surface area contributed by atoms with Crippen LogP contribution in [0, 0.1) is 5.92 Å². The third-order valence-corrected chi connectivity index (χ3v) is 5.54. The van der Waals surface area contributed by atoms with Crippen molar-refractivity contribution in [1.29, 1.82) is 0 Å². The molecule has 3 N–H and O–H groups in total. The number of nitrogens with one attached hydrogen (secondary N) is 1. The van der Waals surface area contributed by atoms with Crippen molar-refractivity contribution in [2.75, 3.05) is 16.8 Å². The summed E-state index contributed by atoms with van der Waals surface area (Å²) in [4.78, 5) is 16.2. The van der Waals surface area contributed by atoms with Crippen LogP contribution in [0.3, 0.4) is 0 Å². The molecule has 3 rings (SSSR count). The van der Waals surface area contributed by atoms with Crippen LogP contribution in [-0.2, 0) is 21.2 Å². The minimum atomic E-state index is -2.97. The van der Waals surface area contributed by atoms with E-state index in [4.69, 9.17) is 5.73 Å². The van der Waals surface area contributed by atoms with Gasteiger partial charge in [0.05, 0.1) is 17.2 Å². The van der Waals surface area contributed by atoms with E-state index in [2.05, 4.69) is 15.4 Å². The number of pyridine rings is 1. The predicted octanol–water partition coefficient (Wildman–Crippen LogP) is -0.0487. The molecule has 8 nitrogen and oxygen atoms in total. The normalized spacial score (nSPS) is 20.3. The standard InChI is InChI=1S/C13H17N5O3S/c14-7-10-2-1-3-11-15-13(17-18(10)11)16-12(19)6-9-4-5-22(20,21)8-9/h1-3,9H,4-8,14H2,(H,16,17,19). The summed E-state index contributed by atoms with van der Waals surface area (Å²) in [5, 5.41) is 6.82. The highest BCUT2D eigenvalue weighted by Crippen LogP contribution is 2.22. The van der Waals surface area contributed by atoms with Crippen LogP contribution >= 0.6 is 0 Å². The minimum absolute atomic E-state index is 0.0797. The summed E-state index contributed by atoms with van der Waals surface area (Å²) in [6.45, 7) is 0.314. The highest BCUT2D eigenvalue weighted by Gasteiger charge is 2.29. The Morgan fingerprint density at radius 2 is 2.27 bits per heavy atom. The number of hydrogen-bond acceptors (Lipinski definition) is 6. The van der Waals surface area contributed by atoms with Crippen molar-refractivity contribution in [2.24, 2.45) is 11.7 Å². The van der Waals surface area contributed by atoms with Gasteiger partial charge in [-0.2, -0.15) is 4.98 Å². The Morgan fingerprint density at radius 1 is 1.45 bits per heavy atom. The lowest BCUT2D eigenvalue weighted by molar-refractivity contribution is -0.116. The van der Waals surface area contributed by atoms with E-state index in [1.165, 1.54) is 0 Å². The molecule has 0 spiro atoms. The largest absolute Gasteiger partial charge is 0.325 e. The third kappa shape index (κ3) is 3.09. The van der Waals surface area contributed by atoms with Gasteiger partial charge in [-0.05, 0) is 24.5 Å². The van der Waals surface area contributed by atoms with Gasteiger partial charge in [0, 0.05) is 13.0 Å². The number of carbonyl (C=O) groups is 1. The summed E-state index contributed by atoms with van der Waals surface area (Å²) >= 11 is 0. The van der Waals surface area contributed by atoms with Crippen LogP contribution in [0.25, 0.3) is 5.65 Å². The van der Waals surface area contributed by atoms with Crippen molar-refractivity contribution in [2.45, 2.75) is 19.4 Å². The maximum absolute atomic E-state index is 12.0. The summed E-state index contributed by atoms with van der Waals surface area (Å²) in [5.74, 6) is 0.0500. The maximum Gasteiger partial charge on any atom is 0.249 e. The molecule has 1 amide bonds. The van der Waals surface area contributed by atoms with Crippen LogP contribution in [0.4, 0.5) is 5.95 Å². The molecule has 0 radical (unpaired) electrons. The fourth-order valence-corrected chi connectivity index (χ4v) is 4.50. The number of nitrogens with two attached hydrogens (primary N) is 1. The molecule has 1 unspecified atom stereocenters. The van der Waals surface area contributed by atoms with E-state index in [0.717, 1.165) is 5.69 Å². The van der Waals surface area contributed by atoms with Gasteiger partial charge in [0.2, 0.25) is 11.9 Å². The summed E-state index contributed by atoms with van der Waals surface area (Å²) in [5.41, 5.74) is 7.01. The highest BCUT2D eigenvalue weighted by molar-refractivity contribution is 7.91. The first kappa shape index (κ1) is 14.9. The van der Waals surface area contributed by atoms with E-state index >= 15 is 0 Å². The van der Waals surface area contributed by atoms with Gasteiger partial charge < -0.3 is 5.73 Å². The Kier molecular flexibility index (Phi) is 3.83. The summed E-state index contributed by atoms with van der Waals surface area (Å²) in [6, 6.07) is 5.42. The van der Waals surface area contributed by atoms with Gasteiger partial charge in [-0.15, -0.1) is 5.10 Å². The molecule has 2 aromatic heterocycles. The van der Waals surface area contributed by atoms with Crippen LogP contribution in [-0.4, -0.2) is 40.4 Å². The Hall–Kier alpha value is -2.00. The van der Waals surface area contributed by atoms with Crippen molar-refractivity contribution < 1.29 is 13.2 Å². The van der Waals surface area contributed by atoms with Crippen molar-refractivity contribution in [3.05, 3.63) is 23.9 Å². The van der Waals surface area contributed by atoms with E-state index in [1.807, 2.05) is 12.1 Å². The van der Waals surface area contributed by atoms with E-state index in [0.29, 0.717) is 18.6 Å². The number of amides is 1. The monoisotopic (exact) mass is 323 g/mol. The predicted molar refractivity (Wildman–Crippen MR) is 80.9 cm³/mol.